The summed E-state index contributed by atoms with van der Waals surface area (Å²) in [6.45, 7) is 7.82. The Balaban J connectivity index is 2.94. The van der Waals surface area contributed by atoms with Gasteiger partial charge in [0, 0.05) is 5.69 Å². The van der Waals surface area contributed by atoms with Crippen molar-refractivity contribution in [1.82, 2.24) is 0 Å². The van der Waals surface area contributed by atoms with Crippen LogP contribution < -0.4 is 5.32 Å². The summed E-state index contributed by atoms with van der Waals surface area (Å²) in [5.41, 5.74) is 3.08. The zero-order chi connectivity index (χ0) is 13.7. The van der Waals surface area contributed by atoms with Crippen molar-refractivity contribution in [3.8, 4) is 0 Å². The Bertz CT molecular complexity index is 413. The summed E-state index contributed by atoms with van der Waals surface area (Å²) >= 11 is 0. The zero-order valence-corrected chi connectivity index (χ0v) is 11.7. The van der Waals surface area contributed by atoms with Gasteiger partial charge in [-0.25, -0.2) is 0 Å². The van der Waals surface area contributed by atoms with E-state index in [-0.39, 0.29) is 24.3 Å². The van der Waals surface area contributed by atoms with Crippen LogP contribution in [0.3, 0.4) is 0 Å². The van der Waals surface area contributed by atoms with E-state index in [4.69, 9.17) is 0 Å². The van der Waals surface area contributed by atoms with Crippen molar-refractivity contribution in [2.24, 2.45) is 11.8 Å². The van der Waals surface area contributed by atoms with Crippen LogP contribution in [-0.4, -0.2) is 17.6 Å². The van der Waals surface area contributed by atoms with E-state index in [9.17, 15) is 9.90 Å². The molecule has 3 nitrogen and oxygen atoms in total. The van der Waals surface area contributed by atoms with Crippen molar-refractivity contribution in [2.75, 3.05) is 11.9 Å². The molecule has 0 aliphatic rings. The lowest BCUT2D eigenvalue weighted by Gasteiger charge is -2.20. The number of benzene rings is 1. The molecule has 1 aromatic rings. The number of anilines is 1. The molecule has 18 heavy (non-hydrogen) atoms. The maximum Gasteiger partial charge on any atom is 0.230 e. The van der Waals surface area contributed by atoms with Crippen LogP contribution in [0, 0.1) is 18.8 Å². The third-order valence-electron chi connectivity index (χ3n) is 3.33. The first-order valence-corrected chi connectivity index (χ1v) is 6.51. The van der Waals surface area contributed by atoms with Crippen LogP contribution in [0.4, 0.5) is 5.69 Å². The topological polar surface area (TPSA) is 49.3 Å². The molecule has 1 atom stereocenters. The van der Waals surface area contributed by atoms with Gasteiger partial charge in [-0.2, -0.15) is 0 Å². The van der Waals surface area contributed by atoms with Crippen LogP contribution in [0.1, 0.15) is 31.9 Å². The predicted molar refractivity (Wildman–Crippen MR) is 74.6 cm³/mol. The lowest BCUT2D eigenvalue weighted by atomic mass is 9.95. The Morgan fingerprint density at radius 1 is 1.39 bits per heavy atom. The molecule has 0 radical (unpaired) electrons. The van der Waals surface area contributed by atoms with Crippen LogP contribution in [0.15, 0.2) is 18.2 Å². The Labute approximate surface area is 109 Å². The van der Waals surface area contributed by atoms with E-state index in [1.807, 2.05) is 39.0 Å². The molecule has 3 heteroatoms. The van der Waals surface area contributed by atoms with Crippen LogP contribution in [0.25, 0.3) is 0 Å². The predicted octanol–water partition coefficient (Wildman–Crippen LogP) is 2.76. The molecule has 1 rings (SSSR count). The van der Waals surface area contributed by atoms with Crippen molar-refractivity contribution >= 4 is 11.6 Å². The second kappa shape index (κ2) is 6.55. The number of carbonyl (C=O) groups is 1. The molecular formula is C15H23NO2. The van der Waals surface area contributed by atoms with Crippen molar-refractivity contribution in [3.63, 3.8) is 0 Å². The minimum absolute atomic E-state index is 0.100. The number of aryl methyl sites for hydroxylation is 2. The van der Waals surface area contributed by atoms with Crippen molar-refractivity contribution in [2.45, 2.75) is 34.1 Å². The Morgan fingerprint density at radius 2 is 2.06 bits per heavy atom. The number of hydrogen-bond acceptors (Lipinski definition) is 2. The Hall–Kier alpha value is -1.35. The summed E-state index contributed by atoms with van der Waals surface area (Å²) in [6, 6.07) is 6.00. The third-order valence-corrected chi connectivity index (χ3v) is 3.33. The Morgan fingerprint density at radius 3 is 2.56 bits per heavy atom. The van der Waals surface area contributed by atoms with Gasteiger partial charge in [0.05, 0.1) is 12.5 Å². The number of amides is 1. The average Bonchev–Trinajstić information content (AvgIpc) is 2.32. The molecule has 1 unspecified atom stereocenters. The fraction of sp³-hybridized carbons (Fsp3) is 0.533. The fourth-order valence-corrected chi connectivity index (χ4v) is 2.01. The van der Waals surface area contributed by atoms with Crippen molar-refractivity contribution in [1.29, 1.82) is 0 Å². The highest BCUT2D eigenvalue weighted by atomic mass is 16.3. The van der Waals surface area contributed by atoms with Crippen molar-refractivity contribution < 1.29 is 9.90 Å². The van der Waals surface area contributed by atoms with Gasteiger partial charge in [-0.15, -0.1) is 0 Å². The monoisotopic (exact) mass is 249 g/mol. The van der Waals surface area contributed by atoms with Crippen LogP contribution in [0.2, 0.25) is 0 Å². The van der Waals surface area contributed by atoms with E-state index in [0.717, 1.165) is 23.2 Å². The smallest absolute Gasteiger partial charge is 0.230 e. The summed E-state index contributed by atoms with van der Waals surface area (Å²) in [6.07, 6.45) is 0.878. The number of carbonyl (C=O) groups excluding carboxylic acids is 1. The van der Waals surface area contributed by atoms with Gasteiger partial charge in [-0.1, -0.05) is 39.0 Å². The molecule has 100 valence electrons. The number of hydrogen-bond donors (Lipinski definition) is 2. The summed E-state index contributed by atoms with van der Waals surface area (Å²) in [5.74, 6) is -0.324. The van der Waals surface area contributed by atoms with Crippen LogP contribution in [0.5, 0.6) is 0 Å². The first-order chi connectivity index (χ1) is 8.51. The normalized spacial score (nSPS) is 12.6. The second-order valence-corrected chi connectivity index (χ2v) is 4.98. The lowest BCUT2D eigenvalue weighted by molar-refractivity contribution is -0.122. The van der Waals surface area contributed by atoms with Gasteiger partial charge < -0.3 is 10.4 Å². The molecule has 0 aromatic heterocycles. The standard InChI is InChI=1S/C15H23NO2/c1-5-12-8-6-7-11(4)14(12)16-15(18)13(9-17)10(2)3/h6-8,10,13,17H,5,9H2,1-4H3,(H,16,18). The minimum atomic E-state index is -0.352. The summed E-state index contributed by atoms with van der Waals surface area (Å²) in [5, 5.41) is 12.2. The van der Waals surface area contributed by atoms with E-state index in [1.54, 1.807) is 0 Å². The maximum atomic E-state index is 12.1. The highest BCUT2D eigenvalue weighted by Gasteiger charge is 2.22. The van der Waals surface area contributed by atoms with Gasteiger partial charge in [0.2, 0.25) is 5.91 Å². The van der Waals surface area contributed by atoms with Gasteiger partial charge in [-0.05, 0) is 30.4 Å². The van der Waals surface area contributed by atoms with Gasteiger partial charge in [0.1, 0.15) is 0 Å². The number of nitrogens with one attached hydrogen (secondary N) is 1. The molecular weight excluding hydrogens is 226 g/mol. The lowest BCUT2D eigenvalue weighted by Crippen LogP contribution is -2.30. The van der Waals surface area contributed by atoms with Crippen LogP contribution >= 0.6 is 0 Å². The SMILES string of the molecule is CCc1cccc(C)c1NC(=O)C(CO)C(C)C. The van der Waals surface area contributed by atoms with E-state index in [2.05, 4.69) is 12.2 Å². The van der Waals surface area contributed by atoms with Crippen LogP contribution in [-0.2, 0) is 11.2 Å². The van der Waals surface area contributed by atoms with Crippen molar-refractivity contribution in [3.05, 3.63) is 29.3 Å². The van der Waals surface area contributed by atoms with E-state index < -0.39 is 0 Å². The van der Waals surface area contributed by atoms with E-state index >= 15 is 0 Å². The summed E-state index contributed by atoms with van der Waals surface area (Å²) in [7, 11) is 0. The third kappa shape index (κ3) is 3.33. The number of aliphatic hydroxyl groups is 1. The summed E-state index contributed by atoms with van der Waals surface area (Å²) < 4.78 is 0. The van der Waals surface area contributed by atoms with E-state index in [1.165, 1.54) is 0 Å². The average molecular weight is 249 g/mol. The first kappa shape index (κ1) is 14.7. The molecule has 0 aliphatic carbocycles. The highest BCUT2D eigenvalue weighted by Crippen LogP contribution is 2.23. The molecule has 0 spiro atoms. The molecule has 0 aliphatic heterocycles. The molecule has 1 amide bonds. The maximum absolute atomic E-state index is 12.1. The summed E-state index contributed by atoms with van der Waals surface area (Å²) in [4.78, 5) is 12.1. The quantitative estimate of drug-likeness (QED) is 0.843. The molecule has 2 N–H and O–H groups in total. The largest absolute Gasteiger partial charge is 0.396 e. The number of para-hydroxylation sites is 1. The molecule has 0 saturated heterocycles. The Kier molecular flexibility index (Phi) is 5.35. The minimum Gasteiger partial charge on any atom is -0.396 e. The molecule has 1 aromatic carbocycles. The van der Waals surface area contributed by atoms with Gasteiger partial charge in [0.25, 0.3) is 0 Å². The second-order valence-electron chi connectivity index (χ2n) is 4.98. The molecule has 0 fully saturated rings. The van der Waals surface area contributed by atoms with Gasteiger partial charge in [-0.3, -0.25) is 4.79 Å². The van der Waals surface area contributed by atoms with Gasteiger partial charge in [0.15, 0.2) is 0 Å². The molecule has 0 bridgehead atoms. The van der Waals surface area contributed by atoms with Gasteiger partial charge >= 0.3 is 0 Å². The van der Waals surface area contributed by atoms with E-state index in [0.29, 0.717) is 0 Å². The fourth-order valence-electron chi connectivity index (χ4n) is 2.01. The number of aliphatic hydroxyl groups excluding tert-OH is 1. The molecule has 0 heterocycles. The molecule has 0 saturated carbocycles. The zero-order valence-electron chi connectivity index (χ0n) is 11.7. The number of rotatable bonds is 5. The highest BCUT2D eigenvalue weighted by molar-refractivity contribution is 5.94. The first-order valence-electron chi connectivity index (χ1n) is 6.51.